The fourth-order valence-electron chi connectivity index (χ4n) is 5.99. The summed E-state index contributed by atoms with van der Waals surface area (Å²) in [5.74, 6) is -1.50. The first-order valence-electron chi connectivity index (χ1n) is 18.5. The van der Waals surface area contributed by atoms with Crippen LogP contribution < -0.4 is 24.5 Å². The molecule has 0 spiro atoms. The molecule has 1 heterocycles. The highest BCUT2D eigenvalue weighted by atomic mass is 32.2. The lowest BCUT2D eigenvalue weighted by Gasteiger charge is -2.13. The lowest BCUT2D eigenvalue weighted by atomic mass is 10.1. The van der Waals surface area contributed by atoms with Gasteiger partial charge in [0.15, 0.2) is 11.4 Å². The van der Waals surface area contributed by atoms with Crippen molar-refractivity contribution in [2.24, 2.45) is 30.7 Å². The Labute approximate surface area is 373 Å². The summed E-state index contributed by atoms with van der Waals surface area (Å²) in [5.41, 5.74) is -1.41. The van der Waals surface area contributed by atoms with Crippen LogP contribution in [0.25, 0.3) is 16.5 Å². The van der Waals surface area contributed by atoms with E-state index in [9.17, 15) is 59.0 Å². The number of aromatic nitrogens is 2. The number of fused-ring (bicyclic) bond motifs is 1. The third kappa shape index (κ3) is 10.7. The Hall–Kier alpha value is -7.18. The fourth-order valence-corrected chi connectivity index (χ4v) is 7.78. The number of H-pyrrole nitrogens is 1. The van der Waals surface area contributed by atoms with E-state index in [-0.39, 0.29) is 91.7 Å². The maximum absolute atomic E-state index is 13.2. The molecule has 25 nitrogen and oxygen atoms in total. The van der Waals surface area contributed by atoms with E-state index in [1.54, 1.807) is 0 Å². The van der Waals surface area contributed by atoms with Gasteiger partial charge >= 0.3 is 0 Å². The van der Waals surface area contributed by atoms with Crippen molar-refractivity contribution in [1.29, 1.82) is 0 Å². The van der Waals surface area contributed by atoms with Gasteiger partial charge in [-0.2, -0.15) is 30.4 Å². The van der Waals surface area contributed by atoms with Crippen molar-refractivity contribution in [3.63, 3.8) is 0 Å². The minimum atomic E-state index is -5.15. The minimum Gasteiger partial charge on any atom is -0.505 e. The van der Waals surface area contributed by atoms with E-state index in [0.717, 1.165) is 42.1 Å². The molecule has 1 aromatic heterocycles. The predicted molar refractivity (Wildman–Crippen MR) is 230 cm³/mol. The van der Waals surface area contributed by atoms with Crippen LogP contribution >= 0.6 is 0 Å². The van der Waals surface area contributed by atoms with Gasteiger partial charge < -0.3 is 34.3 Å². The SMILES string of the molecule is COc1cc(S(=O)(=O)O)c(OC)cc1N=Nc1cc(OCCO)c(N=Nc2c(S(=O)(=O)O)cc3cc(N=Nc4c(C)[nH]n(-c5ccc(S(=O)(=O)O)cc5)c4=O)ccc3c2O)cc1OCCO. The molecule has 66 heavy (non-hydrogen) atoms. The number of nitrogens with zero attached hydrogens (tertiary/aromatic N) is 7. The van der Waals surface area contributed by atoms with Crippen LogP contribution in [0.1, 0.15) is 5.69 Å². The second kappa shape index (κ2) is 19.5. The molecule has 0 bridgehead atoms. The van der Waals surface area contributed by atoms with Gasteiger partial charge in [0.05, 0.1) is 49.4 Å². The van der Waals surface area contributed by atoms with Crippen molar-refractivity contribution >= 4 is 75.3 Å². The molecule has 0 atom stereocenters. The average molecular weight is 973 g/mol. The molecule has 0 amide bonds. The van der Waals surface area contributed by atoms with Crippen LogP contribution in [0.3, 0.4) is 0 Å². The number of rotatable bonds is 18. The summed E-state index contributed by atoms with van der Waals surface area (Å²) in [6, 6.07) is 14.1. The van der Waals surface area contributed by atoms with E-state index in [0.29, 0.717) is 0 Å². The number of aromatic amines is 1. The first kappa shape index (κ1) is 48.3. The van der Waals surface area contributed by atoms with Crippen molar-refractivity contribution in [2.75, 3.05) is 40.6 Å². The maximum atomic E-state index is 13.2. The predicted octanol–water partition coefficient (Wildman–Crippen LogP) is 6.08. The molecule has 348 valence electrons. The van der Waals surface area contributed by atoms with Crippen LogP contribution in [0.2, 0.25) is 0 Å². The molecule has 0 aliphatic heterocycles. The summed E-state index contributed by atoms with van der Waals surface area (Å²) in [7, 11) is -12.0. The number of hydrogen-bond donors (Lipinski definition) is 7. The molecule has 0 unspecified atom stereocenters. The number of methoxy groups -OCH3 is 2. The van der Waals surface area contributed by atoms with Crippen LogP contribution in [0, 0.1) is 6.92 Å². The Morgan fingerprint density at radius 2 is 1.14 bits per heavy atom. The van der Waals surface area contributed by atoms with Crippen LogP contribution in [-0.2, 0) is 30.4 Å². The third-order valence-electron chi connectivity index (χ3n) is 9.02. The lowest BCUT2D eigenvalue weighted by molar-refractivity contribution is 0.198. The zero-order valence-electron chi connectivity index (χ0n) is 34.3. The summed E-state index contributed by atoms with van der Waals surface area (Å²) in [6.45, 7) is -0.0655. The number of aliphatic hydroxyl groups is 2. The van der Waals surface area contributed by atoms with Gasteiger partial charge in [-0.1, -0.05) is 0 Å². The van der Waals surface area contributed by atoms with E-state index < -0.39 is 70.4 Å². The van der Waals surface area contributed by atoms with Crippen LogP contribution in [-0.4, -0.2) is 105 Å². The fraction of sp³-hybridized carbons (Fsp3) is 0.184. The maximum Gasteiger partial charge on any atom is 0.299 e. The zero-order chi connectivity index (χ0) is 48.1. The molecule has 0 fully saturated rings. The van der Waals surface area contributed by atoms with Gasteiger partial charge in [0.25, 0.3) is 35.9 Å². The van der Waals surface area contributed by atoms with Gasteiger partial charge in [0, 0.05) is 29.7 Å². The average Bonchev–Trinajstić information content (AvgIpc) is 3.56. The van der Waals surface area contributed by atoms with E-state index in [1.807, 2.05) is 0 Å². The molecule has 0 aliphatic carbocycles. The largest absolute Gasteiger partial charge is 0.505 e. The van der Waals surface area contributed by atoms with E-state index in [1.165, 1.54) is 56.5 Å². The van der Waals surface area contributed by atoms with E-state index in [4.69, 9.17) is 18.9 Å². The third-order valence-corrected chi connectivity index (χ3v) is 11.6. The molecular formula is C38H36N8O17S3. The Kier molecular flexibility index (Phi) is 14.3. The number of nitrogens with one attached hydrogen (secondary N) is 1. The van der Waals surface area contributed by atoms with E-state index >= 15 is 0 Å². The summed E-state index contributed by atoms with van der Waals surface area (Å²) >= 11 is 0. The molecule has 7 N–H and O–H groups in total. The molecule has 0 saturated carbocycles. The van der Waals surface area contributed by atoms with Gasteiger partial charge in [-0.15, -0.1) is 25.6 Å². The number of hydrogen-bond acceptors (Lipinski definition) is 20. The lowest BCUT2D eigenvalue weighted by Crippen LogP contribution is -2.14. The summed E-state index contributed by atoms with van der Waals surface area (Å²) in [4.78, 5) is 11.3. The van der Waals surface area contributed by atoms with Gasteiger partial charge in [0.1, 0.15) is 68.8 Å². The summed E-state index contributed by atoms with van der Waals surface area (Å²) in [5, 5.41) is 57.6. The number of ether oxygens (including phenoxy) is 4. The first-order valence-corrected chi connectivity index (χ1v) is 22.8. The van der Waals surface area contributed by atoms with Crippen molar-refractivity contribution in [3.05, 3.63) is 88.8 Å². The van der Waals surface area contributed by atoms with Gasteiger partial charge in [0.2, 0.25) is 0 Å². The first-order chi connectivity index (χ1) is 31.2. The normalized spacial score (nSPS) is 12.5. The molecule has 0 saturated heterocycles. The summed E-state index contributed by atoms with van der Waals surface area (Å²) < 4.78 is 124. The molecule has 0 radical (unpaired) electrons. The molecular weight excluding hydrogens is 937 g/mol. The van der Waals surface area contributed by atoms with Gasteiger partial charge in [-0.05, 0) is 60.8 Å². The quantitative estimate of drug-likeness (QED) is 0.0379. The Morgan fingerprint density at radius 3 is 1.67 bits per heavy atom. The van der Waals surface area contributed by atoms with Crippen molar-refractivity contribution in [1.82, 2.24) is 9.78 Å². The smallest absolute Gasteiger partial charge is 0.299 e. The monoisotopic (exact) mass is 972 g/mol. The number of azo groups is 3. The molecule has 0 aliphatic rings. The number of aliphatic hydroxyl groups excluding tert-OH is 2. The Morgan fingerprint density at radius 1 is 0.606 bits per heavy atom. The topological polar surface area (TPSA) is 373 Å². The van der Waals surface area contributed by atoms with Crippen LogP contribution in [0.4, 0.5) is 34.1 Å². The number of aromatic hydroxyl groups is 1. The number of benzene rings is 5. The van der Waals surface area contributed by atoms with E-state index in [2.05, 4.69) is 35.8 Å². The van der Waals surface area contributed by atoms with Crippen molar-refractivity contribution in [2.45, 2.75) is 21.6 Å². The highest BCUT2D eigenvalue weighted by Crippen LogP contribution is 2.46. The second-order valence-corrected chi connectivity index (χ2v) is 17.5. The van der Waals surface area contributed by atoms with Crippen molar-refractivity contribution in [3.8, 4) is 34.4 Å². The van der Waals surface area contributed by atoms with Crippen LogP contribution in [0.15, 0.2) is 123 Å². The van der Waals surface area contributed by atoms with Crippen molar-refractivity contribution < 1.29 is 73.2 Å². The van der Waals surface area contributed by atoms with Crippen LogP contribution in [0.5, 0.6) is 28.7 Å². The number of phenolic OH excluding ortho intramolecular Hbond substituents is 1. The minimum absolute atomic E-state index is 0.0000166. The molecule has 28 heteroatoms. The highest BCUT2D eigenvalue weighted by molar-refractivity contribution is 7.86. The molecule has 6 rings (SSSR count). The Bertz CT molecular complexity index is 3340. The van der Waals surface area contributed by atoms with Gasteiger partial charge in [-0.3, -0.25) is 23.6 Å². The summed E-state index contributed by atoms with van der Waals surface area (Å²) in [6.07, 6.45) is 0. The van der Waals surface area contributed by atoms with Gasteiger partial charge in [-0.25, -0.2) is 4.68 Å². The number of phenols is 1. The standard InChI is InChI=1S/C38H36N8O17S3/c1-20-35(38(50)46(45-20)23-5-7-24(8-6-23)64(51,52)53)43-39-22-4-9-25-21(14-22)15-34(66(57,58)59)36(37(25)49)44-42-28-17-30(62-12-10-47)27(16-31(28)63-13-11-48)41-40-26-18-32(61-3)33(65(54,55)56)19-29(26)60-2/h4-9,14-19,45,47-49H,10-13H2,1-3H3,(H,51,52,53)(H,54,55,56)(H,57,58,59). The Balaban J connectivity index is 1.38. The number of aryl methyl sites for hydroxylation is 1. The second-order valence-electron chi connectivity index (χ2n) is 13.3. The zero-order valence-corrected chi connectivity index (χ0v) is 36.7. The highest BCUT2D eigenvalue weighted by Gasteiger charge is 2.24. The molecule has 6 aromatic rings. The molecule has 5 aromatic carbocycles.